The molecule has 0 bridgehead atoms. The molecule has 1 fully saturated rings. The van der Waals surface area contributed by atoms with Crippen LogP contribution in [0.2, 0.25) is 0 Å². The highest BCUT2D eigenvalue weighted by Crippen LogP contribution is 2.31. The Hall–Kier alpha value is -2.42. The van der Waals surface area contributed by atoms with Crippen LogP contribution in [-0.2, 0) is 22.4 Å². The van der Waals surface area contributed by atoms with Gasteiger partial charge in [0.2, 0.25) is 5.82 Å². The number of hydrogen-bond acceptors (Lipinski definition) is 6. The Morgan fingerprint density at radius 2 is 1.92 bits per heavy atom. The summed E-state index contributed by atoms with van der Waals surface area (Å²) in [6, 6.07) is 6.60. The molecule has 1 aliphatic rings. The van der Waals surface area contributed by atoms with E-state index < -0.39 is 17.6 Å². The van der Waals surface area contributed by atoms with Crippen molar-refractivity contribution in [2.45, 2.75) is 38.5 Å². The van der Waals surface area contributed by atoms with Gasteiger partial charge in [0.1, 0.15) is 0 Å². The van der Waals surface area contributed by atoms with Crippen LogP contribution < -0.4 is 0 Å². The minimum absolute atomic E-state index is 0.137. The number of carbonyl (C=O) groups is 1. The molecule has 1 aromatic carbocycles. The summed E-state index contributed by atoms with van der Waals surface area (Å²) in [6.45, 7) is 4.16. The van der Waals surface area contributed by atoms with Crippen molar-refractivity contribution in [3.8, 4) is 11.4 Å². The van der Waals surface area contributed by atoms with Gasteiger partial charge >= 0.3 is 18.0 Å². The molecule has 1 aliphatic heterocycles. The Kier molecular flexibility index (Phi) is 3.83. The highest BCUT2D eigenvalue weighted by molar-refractivity contribution is 5.72. The van der Waals surface area contributed by atoms with Crippen LogP contribution in [-0.4, -0.2) is 26.7 Å². The SMILES string of the molecule is CC1(C)CC(=O)ON1Cc1ccc(-c2noc(C(F)(F)F)n2)cc1. The van der Waals surface area contributed by atoms with E-state index in [1.54, 1.807) is 29.3 Å². The minimum atomic E-state index is -4.67. The number of hydrogen-bond donors (Lipinski definition) is 0. The molecule has 0 spiro atoms. The fourth-order valence-corrected chi connectivity index (χ4v) is 2.35. The van der Waals surface area contributed by atoms with E-state index in [9.17, 15) is 18.0 Å². The minimum Gasteiger partial charge on any atom is -0.367 e. The van der Waals surface area contributed by atoms with Crippen LogP contribution in [0.3, 0.4) is 0 Å². The lowest BCUT2D eigenvalue weighted by Gasteiger charge is -2.27. The summed E-state index contributed by atoms with van der Waals surface area (Å²) in [5.41, 5.74) is 0.821. The van der Waals surface area contributed by atoms with Gasteiger partial charge < -0.3 is 9.36 Å². The van der Waals surface area contributed by atoms with Crippen LogP contribution >= 0.6 is 0 Å². The molecule has 0 saturated carbocycles. The molecule has 24 heavy (non-hydrogen) atoms. The average molecular weight is 341 g/mol. The molecule has 2 aromatic rings. The first-order valence-electron chi connectivity index (χ1n) is 7.14. The molecule has 3 rings (SSSR count). The topological polar surface area (TPSA) is 68.5 Å². The van der Waals surface area contributed by atoms with Crippen molar-refractivity contribution >= 4 is 5.97 Å². The largest absolute Gasteiger partial charge is 0.471 e. The summed E-state index contributed by atoms with van der Waals surface area (Å²) in [5, 5.41) is 4.92. The average Bonchev–Trinajstić information content (AvgIpc) is 3.04. The van der Waals surface area contributed by atoms with Crippen molar-refractivity contribution in [3.63, 3.8) is 0 Å². The number of benzene rings is 1. The van der Waals surface area contributed by atoms with Gasteiger partial charge in [-0.25, -0.2) is 0 Å². The lowest BCUT2D eigenvalue weighted by atomic mass is 10.0. The highest BCUT2D eigenvalue weighted by atomic mass is 19.4. The predicted molar refractivity (Wildman–Crippen MR) is 75.1 cm³/mol. The molecular formula is C15H14F3N3O3. The first-order valence-corrected chi connectivity index (χ1v) is 7.14. The van der Waals surface area contributed by atoms with Gasteiger partial charge in [-0.1, -0.05) is 29.4 Å². The van der Waals surface area contributed by atoms with Crippen molar-refractivity contribution in [2.24, 2.45) is 0 Å². The van der Waals surface area contributed by atoms with Gasteiger partial charge in [0.05, 0.1) is 18.5 Å². The first kappa shape index (κ1) is 16.4. The number of alkyl halides is 3. The normalized spacial score (nSPS) is 18.0. The van der Waals surface area contributed by atoms with Gasteiger partial charge in [0.25, 0.3) is 0 Å². The Labute approximate surface area is 135 Å². The third-order valence-corrected chi connectivity index (χ3v) is 3.67. The number of nitrogens with zero attached hydrogens (tertiary/aromatic N) is 3. The van der Waals surface area contributed by atoms with E-state index in [1.807, 2.05) is 13.8 Å². The maximum Gasteiger partial charge on any atom is 0.471 e. The van der Waals surface area contributed by atoms with Gasteiger partial charge in [0.15, 0.2) is 0 Å². The van der Waals surface area contributed by atoms with E-state index in [0.29, 0.717) is 18.5 Å². The Morgan fingerprint density at radius 3 is 2.42 bits per heavy atom. The third kappa shape index (κ3) is 3.25. The van der Waals surface area contributed by atoms with E-state index in [1.165, 1.54) is 0 Å². The van der Waals surface area contributed by atoms with Crippen molar-refractivity contribution in [3.05, 3.63) is 35.7 Å². The molecule has 9 heteroatoms. The number of halogens is 3. The molecule has 0 atom stereocenters. The molecule has 1 aromatic heterocycles. The maximum absolute atomic E-state index is 12.5. The maximum atomic E-state index is 12.5. The van der Waals surface area contributed by atoms with Crippen LogP contribution in [0, 0.1) is 0 Å². The molecule has 0 unspecified atom stereocenters. The second kappa shape index (κ2) is 5.59. The second-order valence-corrected chi connectivity index (χ2v) is 6.11. The van der Waals surface area contributed by atoms with Gasteiger partial charge in [-0.2, -0.15) is 18.2 Å². The summed E-state index contributed by atoms with van der Waals surface area (Å²) < 4.78 is 41.6. The van der Waals surface area contributed by atoms with Crippen molar-refractivity contribution in [1.82, 2.24) is 15.2 Å². The van der Waals surface area contributed by atoms with Gasteiger partial charge in [-0.3, -0.25) is 4.79 Å². The number of hydroxylamine groups is 2. The lowest BCUT2D eigenvalue weighted by Crippen LogP contribution is -2.36. The molecule has 1 saturated heterocycles. The van der Waals surface area contributed by atoms with Crippen LogP contribution in [0.4, 0.5) is 13.2 Å². The predicted octanol–water partition coefficient (Wildman–Crippen LogP) is 3.20. The third-order valence-electron chi connectivity index (χ3n) is 3.67. The zero-order valence-corrected chi connectivity index (χ0v) is 12.9. The van der Waals surface area contributed by atoms with E-state index in [-0.39, 0.29) is 11.8 Å². The van der Waals surface area contributed by atoms with E-state index >= 15 is 0 Å². The van der Waals surface area contributed by atoms with Gasteiger partial charge in [-0.15, -0.1) is 5.06 Å². The fraction of sp³-hybridized carbons (Fsp3) is 0.400. The smallest absolute Gasteiger partial charge is 0.367 e. The monoisotopic (exact) mass is 341 g/mol. The number of aromatic nitrogens is 2. The molecule has 0 radical (unpaired) electrons. The molecule has 0 amide bonds. The number of carbonyl (C=O) groups excluding carboxylic acids is 1. The zero-order valence-electron chi connectivity index (χ0n) is 12.9. The summed E-state index contributed by atoms with van der Waals surface area (Å²) in [5.74, 6) is -1.81. The molecule has 2 heterocycles. The molecular weight excluding hydrogens is 327 g/mol. The van der Waals surface area contributed by atoms with E-state index in [0.717, 1.165) is 5.56 Å². The molecule has 0 aliphatic carbocycles. The zero-order chi connectivity index (χ0) is 17.5. The van der Waals surface area contributed by atoms with Gasteiger partial charge in [0, 0.05) is 5.56 Å². The second-order valence-electron chi connectivity index (χ2n) is 6.11. The first-order chi connectivity index (χ1) is 11.1. The van der Waals surface area contributed by atoms with Crippen molar-refractivity contribution in [1.29, 1.82) is 0 Å². The fourth-order valence-electron chi connectivity index (χ4n) is 2.35. The van der Waals surface area contributed by atoms with Crippen molar-refractivity contribution in [2.75, 3.05) is 0 Å². The number of rotatable bonds is 3. The van der Waals surface area contributed by atoms with Crippen LogP contribution in [0.1, 0.15) is 31.7 Å². The van der Waals surface area contributed by atoms with Crippen LogP contribution in [0.25, 0.3) is 11.4 Å². The molecule has 128 valence electrons. The summed E-state index contributed by atoms with van der Waals surface area (Å²) in [4.78, 5) is 19.9. The standard InChI is InChI=1S/C15H14F3N3O3/c1-14(2)7-11(22)24-21(14)8-9-3-5-10(6-4-9)12-19-13(23-20-12)15(16,17)18/h3-6H,7-8H2,1-2H3. The Morgan fingerprint density at radius 1 is 1.25 bits per heavy atom. The summed E-state index contributed by atoms with van der Waals surface area (Å²) >= 11 is 0. The van der Waals surface area contributed by atoms with Crippen molar-refractivity contribution < 1.29 is 27.3 Å². The van der Waals surface area contributed by atoms with E-state index in [2.05, 4.69) is 14.7 Å². The van der Waals surface area contributed by atoms with Crippen LogP contribution in [0.15, 0.2) is 28.8 Å². The molecule has 0 N–H and O–H groups in total. The van der Waals surface area contributed by atoms with E-state index in [4.69, 9.17) is 4.84 Å². The Bertz CT molecular complexity index is 753. The van der Waals surface area contributed by atoms with Gasteiger partial charge in [-0.05, 0) is 19.4 Å². The molecule has 6 nitrogen and oxygen atoms in total. The highest BCUT2D eigenvalue weighted by Gasteiger charge is 2.40. The summed E-state index contributed by atoms with van der Waals surface area (Å²) in [6.07, 6.45) is -4.37. The van der Waals surface area contributed by atoms with Crippen LogP contribution in [0.5, 0.6) is 0 Å². The lowest BCUT2D eigenvalue weighted by molar-refractivity contribution is -0.186. The summed E-state index contributed by atoms with van der Waals surface area (Å²) in [7, 11) is 0. The quantitative estimate of drug-likeness (QED) is 0.854. The Balaban J connectivity index is 1.74.